The quantitative estimate of drug-likeness (QED) is 0.252. The lowest BCUT2D eigenvalue weighted by Gasteiger charge is -2.35. The molecule has 2 heterocycles. The molecule has 0 aliphatic carbocycles. The lowest BCUT2D eigenvalue weighted by atomic mass is 10.0. The van der Waals surface area contributed by atoms with Gasteiger partial charge in [0.25, 0.3) is 5.03 Å². The van der Waals surface area contributed by atoms with Crippen molar-refractivity contribution in [3.05, 3.63) is 34.5 Å². The Balaban J connectivity index is 2.06. The van der Waals surface area contributed by atoms with Gasteiger partial charge in [-0.15, -0.1) is 0 Å². The monoisotopic (exact) mass is 393 g/mol. The fraction of sp³-hybridized carbons (Fsp3) is 0.556. The molecule has 2 aliphatic heterocycles. The number of rotatable bonds is 8. The number of carbonyl (C=O) groups is 1. The van der Waals surface area contributed by atoms with E-state index in [9.17, 15) is 4.79 Å². The molecule has 9 heteroatoms. The van der Waals surface area contributed by atoms with Crippen LogP contribution in [0.3, 0.4) is 0 Å². The smallest absolute Gasteiger partial charge is 0.291 e. The zero-order valence-corrected chi connectivity index (χ0v) is 16.7. The van der Waals surface area contributed by atoms with Gasteiger partial charge in [0.2, 0.25) is 12.1 Å². The van der Waals surface area contributed by atoms with Crippen LogP contribution in [0.1, 0.15) is 32.6 Å². The standard InChI is InChI=1S/C18H28N6O2S/c1-3-13(12-24(20)18(27-21)10-16(19)25)14-4-5-17(22-11-14)23(2)15-6-8-26-9-7-15/h4,10-12,15,17,20H,3,5-9,21H2,1-2H3,(H-,19,25)/p+1/b13-12+,18-10-,24-20?. The van der Waals surface area contributed by atoms with E-state index in [4.69, 9.17) is 26.1 Å². The van der Waals surface area contributed by atoms with E-state index in [1.165, 1.54) is 0 Å². The first kappa shape index (κ1) is 21.5. The van der Waals surface area contributed by atoms with Gasteiger partial charge in [-0.05, 0) is 37.4 Å². The van der Waals surface area contributed by atoms with Gasteiger partial charge in [0, 0.05) is 49.4 Å². The SMILES string of the molecule is CC/C(=C\[N+](=N)/C(=C/C(N)=O)SN)C1=CCC(N(C)C2CCOCC2)N=C1. The van der Waals surface area contributed by atoms with Crippen LogP contribution in [0.2, 0.25) is 0 Å². The second-order valence-corrected chi connectivity index (χ2v) is 7.20. The summed E-state index contributed by atoms with van der Waals surface area (Å²) in [6.07, 6.45) is 10.6. The number of allylic oxidation sites excluding steroid dienone is 2. The molecule has 0 saturated carbocycles. The van der Waals surface area contributed by atoms with Gasteiger partial charge in [0.1, 0.15) is 6.17 Å². The van der Waals surface area contributed by atoms with Crippen LogP contribution in [0, 0.1) is 5.53 Å². The first-order valence-electron chi connectivity index (χ1n) is 9.08. The molecule has 1 unspecified atom stereocenters. The Morgan fingerprint density at radius 3 is 2.74 bits per heavy atom. The van der Waals surface area contributed by atoms with Gasteiger partial charge in [0.05, 0.1) is 6.08 Å². The highest BCUT2D eigenvalue weighted by molar-refractivity contribution is 8.00. The van der Waals surface area contributed by atoms with E-state index in [-0.39, 0.29) is 11.2 Å². The molecular formula is C18H29N6O2S+. The summed E-state index contributed by atoms with van der Waals surface area (Å²) in [6.45, 7) is 3.64. The lowest BCUT2D eigenvalue weighted by molar-refractivity contribution is -0.489. The molecular weight excluding hydrogens is 364 g/mol. The van der Waals surface area contributed by atoms with Crippen LogP contribution in [0.25, 0.3) is 0 Å². The molecule has 2 aliphatic rings. The largest absolute Gasteiger partial charge is 0.381 e. The van der Waals surface area contributed by atoms with E-state index in [1.807, 2.05) is 13.1 Å². The zero-order chi connectivity index (χ0) is 19.8. The van der Waals surface area contributed by atoms with Crippen LogP contribution in [0.15, 0.2) is 39.5 Å². The number of amides is 1. The molecule has 0 aromatic heterocycles. The summed E-state index contributed by atoms with van der Waals surface area (Å²) in [7, 11) is 2.12. The van der Waals surface area contributed by atoms with E-state index in [1.54, 1.807) is 6.20 Å². The minimum atomic E-state index is -0.635. The highest BCUT2D eigenvalue weighted by Crippen LogP contribution is 2.24. The Morgan fingerprint density at radius 2 is 2.22 bits per heavy atom. The number of carbonyl (C=O) groups excluding carboxylic acids is 1. The zero-order valence-electron chi connectivity index (χ0n) is 15.9. The molecule has 8 nitrogen and oxygen atoms in total. The van der Waals surface area contributed by atoms with Crippen LogP contribution in [-0.2, 0) is 9.53 Å². The third-order valence-electron chi connectivity index (χ3n) is 4.83. The third-order valence-corrected chi connectivity index (χ3v) is 5.39. The summed E-state index contributed by atoms with van der Waals surface area (Å²) in [6, 6.07) is 0.504. The Hall–Kier alpha value is -1.81. The van der Waals surface area contributed by atoms with Gasteiger partial charge < -0.3 is 10.5 Å². The lowest BCUT2D eigenvalue weighted by Crippen LogP contribution is -2.42. The van der Waals surface area contributed by atoms with Gasteiger partial charge in [0.15, 0.2) is 0 Å². The van der Waals surface area contributed by atoms with Crippen LogP contribution in [-0.4, -0.2) is 54.2 Å². The van der Waals surface area contributed by atoms with Crippen molar-refractivity contribution in [1.29, 1.82) is 5.53 Å². The molecule has 1 amide bonds. The Labute approximate surface area is 164 Å². The van der Waals surface area contributed by atoms with Crippen molar-refractivity contribution in [2.24, 2.45) is 15.9 Å². The first-order chi connectivity index (χ1) is 13.0. The molecule has 0 bridgehead atoms. The number of nitrogens with two attached hydrogens (primary N) is 2. The van der Waals surface area contributed by atoms with Gasteiger partial charge in [-0.25, -0.2) is 0 Å². The summed E-state index contributed by atoms with van der Waals surface area (Å²) < 4.78 is 6.51. The first-order valence-corrected chi connectivity index (χ1v) is 9.96. The van der Waals surface area contributed by atoms with E-state index in [0.29, 0.717) is 6.04 Å². The predicted octanol–water partition coefficient (Wildman–Crippen LogP) is 2.10. The second kappa shape index (κ2) is 10.5. The second-order valence-electron chi connectivity index (χ2n) is 6.54. The number of nitrogens with zero attached hydrogens (tertiary/aromatic N) is 3. The molecule has 0 aromatic rings. The minimum absolute atomic E-state index is 0.131. The maximum absolute atomic E-state index is 11.1. The summed E-state index contributed by atoms with van der Waals surface area (Å²) in [4.78, 5) is 18.1. The molecule has 0 spiro atoms. The number of hydrogen-bond acceptors (Lipinski definition) is 7. The van der Waals surface area contributed by atoms with Crippen molar-refractivity contribution >= 4 is 24.1 Å². The van der Waals surface area contributed by atoms with Crippen LogP contribution >= 0.6 is 11.9 Å². The van der Waals surface area contributed by atoms with Crippen molar-refractivity contribution in [3.63, 3.8) is 0 Å². The maximum atomic E-state index is 11.1. The minimum Gasteiger partial charge on any atom is -0.381 e. The Kier molecular flexibility index (Phi) is 8.36. The molecule has 5 N–H and O–H groups in total. The number of nitrogens with one attached hydrogen (secondary N) is 1. The molecule has 27 heavy (non-hydrogen) atoms. The fourth-order valence-electron chi connectivity index (χ4n) is 3.20. The van der Waals surface area contributed by atoms with Crippen molar-refractivity contribution in [3.8, 4) is 0 Å². The molecule has 0 radical (unpaired) electrons. The molecule has 0 aromatic carbocycles. The summed E-state index contributed by atoms with van der Waals surface area (Å²) >= 11 is 0.810. The predicted molar refractivity (Wildman–Crippen MR) is 107 cm³/mol. The third kappa shape index (κ3) is 6.10. The number of ether oxygens (including phenoxy) is 1. The molecule has 1 fully saturated rings. The highest BCUT2D eigenvalue weighted by atomic mass is 32.2. The average molecular weight is 394 g/mol. The molecule has 1 atom stereocenters. The number of primary amides is 1. The van der Waals surface area contributed by atoms with Gasteiger partial charge >= 0.3 is 0 Å². The van der Waals surface area contributed by atoms with E-state index in [0.717, 1.165) is 72.8 Å². The maximum Gasteiger partial charge on any atom is 0.291 e. The van der Waals surface area contributed by atoms with E-state index < -0.39 is 5.91 Å². The van der Waals surface area contributed by atoms with Crippen LogP contribution in [0.4, 0.5) is 0 Å². The summed E-state index contributed by atoms with van der Waals surface area (Å²) in [5.41, 5.74) is 15.2. The van der Waals surface area contributed by atoms with Crippen LogP contribution in [0.5, 0.6) is 0 Å². The van der Waals surface area contributed by atoms with Gasteiger partial charge in [-0.1, -0.05) is 17.7 Å². The van der Waals surface area contributed by atoms with Crippen molar-refractivity contribution in [2.45, 2.75) is 44.8 Å². The average Bonchev–Trinajstić information content (AvgIpc) is 2.70. The van der Waals surface area contributed by atoms with Crippen molar-refractivity contribution < 1.29 is 14.2 Å². The summed E-state index contributed by atoms with van der Waals surface area (Å²) in [5, 5.41) is 5.80. The normalized spacial score (nSPS) is 22.1. The van der Waals surface area contributed by atoms with E-state index in [2.05, 4.69) is 18.0 Å². The van der Waals surface area contributed by atoms with Crippen molar-refractivity contribution in [2.75, 3.05) is 20.3 Å². The summed E-state index contributed by atoms with van der Waals surface area (Å²) in [5.74, 6) is -0.635. The molecule has 1 saturated heterocycles. The van der Waals surface area contributed by atoms with Crippen molar-refractivity contribution in [1.82, 2.24) is 4.90 Å². The van der Waals surface area contributed by atoms with Gasteiger partial charge in [-0.2, -0.15) is 0 Å². The number of aliphatic imine (C=N–C) groups is 1. The molecule has 2 rings (SSSR count). The van der Waals surface area contributed by atoms with Crippen LogP contribution < -0.4 is 10.9 Å². The number of hydrogen-bond donors (Lipinski definition) is 3. The highest BCUT2D eigenvalue weighted by Gasteiger charge is 2.25. The molecule has 148 valence electrons. The Morgan fingerprint density at radius 1 is 1.52 bits per heavy atom. The Bertz CT molecular complexity index is 679. The van der Waals surface area contributed by atoms with Gasteiger partial charge in [-0.3, -0.25) is 19.8 Å². The van der Waals surface area contributed by atoms with E-state index >= 15 is 0 Å². The fourth-order valence-corrected chi connectivity index (χ4v) is 3.56. The number of dihydropyridines is 1. The topological polar surface area (TPSA) is 121 Å².